The second kappa shape index (κ2) is 5.12. The first kappa shape index (κ1) is 12.5. The molecule has 94 valence electrons. The minimum absolute atomic E-state index is 0.127. The highest BCUT2D eigenvalue weighted by Crippen LogP contribution is 2.21. The quantitative estimate of drug-likeness (QED) is 0.850. The molecular weight excluding hydrogens is 214 g/mol. The summed E-state index contributed by atoms with van der Waals surface area (Å²) in [6, 6.07) is 6.02. The maximum absolute atomic E-state index is 5.90. The van der Waals surface area contributed by atoms with Crippen LogP contribution in [0.25, 0.3) is 0 Å². The molecule has 1 unspecified atom stereocenters. The van der Waals surface area contributed by atoms with Crippen molar-refractivity contribution >= 4 is 0 Å². The van der Waals surface area contributed by atoms with Gasteiger partial charge in [-0.3, -0.25) is 9.88 Å². The van der Waals surface area contributed by atoms with Crippen LogP contribution in [0.4, 0.5) is 0 Å². The molecule has 1 aliphatic heterocycles. The fourth-order valence-corrected chi connectivity index (χ4v) is 2.38. The van der Waals surface area contributed by atoms with E-state index in [-0.39, 0.29) is 11.7 Å². The van der Waals surface area contributed by atoms with Gasteiger partial charge in [-0.2, -0.15) is 0 Å². The summed E-state index contributed by atoms with van der Waals surface area (Å²) in [6.45, 7) is 7.46. The maximum Gasteiger partial charge on any atom is 0.0831 e. The topological polar surface area (TPSA) is 51.4 Å². The van der Waals surface area contributed by atoms with Crippen LogP contribution in [-0.2, 0) is 11.3 Å². The predicted molar refractivity (Wildman–Crippen MR) is 67.5 cm³/mol. The van der Waals surface area contributed by atoms with E-state index >= 15 is 0 Å². The van der Waals surface area contributed by atoms with Gasteiger partial charge in [-0.1, -0.05) is 6.07 Å². The van der Waals surface area contributed by atoms with Crippen LogP contribution in [-0.4, -0.2) is 41.2 Å². The molecule has 0 saturated carbocycles. The monoisotopic (exact) mass is 235 g/mol. The Balaban J connectivity index is 2.01. The minimum Gasteiger partial charge on any atom is -0.368 e. The summed E-state index contributed by atoms with van der Waals surface area (Å²) in [5, 5.41) is 0. The molecule has 1 saturated heterocycles. The first-order chi connectivity index (χ1) is 8.09. The molecule has 2 N–H and O–H groups in total. The summed E-state index contributed by atoms with van der Waals surface area (Å²) in [4.78, 5) is 6.72. The Morgan fingerprint density at radius 2 is 2.35 bits per heavy atom. The van der Waals surface area contributed by atoms with Crippen molar-refractivity contribution in [2.24, 2.45) is 5.73 Å². The second-order valence-electron chi connectivity index (χ2n) is 5.23. The molecule has 0 radical (unpaired) electrons. The molecule has 1 fully saturated rings. The van der Waals surface area contributed by atoms with Crippen molar-refractivity contribution in [2.75, 3.05) is 19.6 Å². The van der Waals surface area contributed by atoms with Crippen LogP contribution in [0.2, 0.25) is 0 Å². The van der Waals surface area contributed by atoms with E-state index in [1.807, 2.05) is 18.3 Å². The van der Waals surface area contributed by atoms with Crippen LogP contribution >= 0.6 is 0 Å². The van der Waals surface area contributed by atoms with Crippen molar-refractivity contribution in [2.45, 2.75) is 32.1 Å². The third kappa shape index (κ3) is 3.49. The van der Waals surface area contributed by atoms with Gasteiger partial charge in [0.1, 0.15) is 0 Å². The van der Waals surface area contributed by atoms with Crippen molar-refractivity contribution < 1.29 is 4.74 Å². The molecule has 4 heteroatoms. The maximum atomic E-state index is 5.90. The van der Waals surface area contributed by atoms with E-state index in [0.29, 0.717) is 6.54 Å². The van der Waals surface area contributed by atoms with Crippen molar-refractivity contribution in [1.29, 1.82) is 0 Å². The molecule has 1 aromatic heterocycles. The number of hydrogen-bond donors (Lipinski definition) is 1. The molecule has 1 aromatic rings. The van der Waals surface area contributed by atoms with E-state index in [1.165, 1.54) is 0 Å². The molecule has 4 nitrogen and oxygen atoms in total. The van der Waals surface area contributed by atoms with Gasteiger partial charge in [0.05, 0.1) is 17.4 Å². The molecular formula is C13H21N3O. The number of ether oxygens (including phenoxy) is 1. The lowest BCUT2D eigenvalue weighted by Gasteiger charge is -2.42. The number of pyridine rings is 1. The Labute approximate surface area is 103 Å². The largest absolute Gasteiger partial charge is 0.368 e. The molecule has 0 aliphatic carbocycles. The Hall–Kier alpha value is -0.970. The van der Waals surface area contributed by atoms with Crippen LogP contribution < -0.4 is 5.73 Å². The average molecular weight is 235 g/mol. The highest BCUT2D eigenvalue weighted by atomic mass is 16.5. The van der Waals surface area contributed by atoms with Crippen molar-refractivity contribution in [3.05, 3.63) is 30.1 Å². The van der Waals surface area contributed by atoms with E-state index in [9.17, 15) is 0 Å². The van der Waals surface area contributed by atoms with E-state index in [2.05, 4.69) is 29.8 Å². The Morgan fingerprint density at radius 1 is 1.53 bits per heavy atom. The highest BCUT2D eigenvalue weighted by molar-refractivity contribution is 5.04. The van der Waals surface area contributed by atoms with Crippen LogP contribution in [0.15, 0.2) is 24.4 Å². The van der Waals surface area contributed by atoms with Gasteiger partial charge in [-0.25, -0.2) is 0 Å². The summed E-state index contributed by atoms with van der Waals surface area (Å²) < 4.78 is 5.90. The molecule has 1 aliphatic rings. The van der Waals surface area contributed by atoms with Gasteiger partial charge in [0.25, 0.3) is 0 Å². The lowest BCUT2D eigenvalue weighted by Crippen LogP contribution is -2.54. The summed E-state index contributed by atoms with van der Waals surface area (Å²) in [7, 11) is 0. The van der Waals surface area contributed by atoms with Crippen molar-refractivity contribution in [3.8, 4) is 0 Å². The normalized spacial score (nSPS) is 24.8. The first-order valence-electron chi connectivity index (χ1n) is 6.09. The van der Waals surface area contributed by atoms with E-state index in [0.717, 1.165) is 25.3 Å². The van der Waals surface area contributed by atoms with E-state index < -0.39 is 0 Å². The van der Waals surface area contributed by atoms with Gasteiger partial charge in [0.2, 0.25) is 0 Å². The number of hydrogen-bond acceptors (Lipinski definition) is 4. The SMILES string of the molecule is CC1(C)CN(Cc2ccccn2)CC(CN)O1. The summed E-state index contributed by atoms with van der Waals surface area (Å²) in [5.41, 5.74) is 6.68. The number of nitrogens with two attached hydrogens (primary N) is 1. The summed E-state index contributed by atoms with van der Waals surface area (Å²) in [6.07, 6.45) is 1.96. The molecule has 0 spiro atoms. The highest BCUT2D eigenvalue weighted by Gasteiger charge is 2.32. The van der Waals surface area contributed by atoms with Gasteiger partial charge >= 0.3 is 0 Å². The second-order valence-corrected chi connectivity index (χ2v) is 5.23. The van der Waals surface area contributed by atoms with E-state index in [4.69, 9.17) is 10.5 Å². The molecule has 2 heterocycles. The fraction of sp³-hybridized carbons (Fsp3) is 0.615. The van der Waals surface area contributed by atoms with Crippen LogP contribution in [0.3, 0.4) is 0 Å². The summed E-state index contributed by atoms with van der Waals surface area (Å²) in [5.74, 6) is 0. The number of morpholine rings is 1. The molecule has 2 rings (SSSR count). The molecule has 1 atom stereocenters. The zero-order valence-corrected chi connectivity index (χ0v) is 10.6. The van der Waals surface area contributed by atoms with Crippen molar-refractivity contribution in [1.82, 2.24) is 9.88 Å². The van der Waals surface area contributed by atoms with Gasteiger partial charge in [0, 0.05) is 32.4 Å². The Morgan fingerprint density at radius 3 is 3.00 bits per heavy atom. The van der Waals surface area contributed by atoms with Gasteiger partial charge in [-0.15, -0.1) is 0 Å². The van der Waals surface area contributed by atoms with Crippen LogP contribution in [0.1, 0.15) is 19.5 Å². The average Bonchev–Trinajstić information content (AvgIpc) is 2.28. The minimum atomic E-state index is -0.128. The van der Waals surface area contributed by atoms with E-state index in [1.54, 1.807) is 0 Å². The van der Waals surface area contributed by atoms with Gasteiger partial charge in [-0.05, 0) is 26.0 Å². The number of aromatic nitrogens is 1. The lowest BCUT2D eigenvalue weighted by molar-refractivity contribution is -0.134. The first-order valence-corrected chi connectivity index (χ1v) is 6.09. The van der Waals surface area contributed by atoms with Crippen molar-refractivity contribution in [3.63, 3.8) is 0 Å². The Kier molecular flexibility index (Phi) is 3.76. The summed E-state index contributed by atoms with van der Waals surface area (Å²) >= 11 is 0. The number of nitrogens with zero attached hydrogens (tertiary/aromatic N) is 2. The smallest absolute Gasteiger partial charge is 0.0831 e. The zero-order chi connectivity index (χ0) is 12.3. The predicted octanol–water partition coefficient (Wildman–Crippen LogP) is 1.02. The molecule has 0 amide bonds. The third-order valence-corrected chi connectivity index (χ3v) is 2.93. The third-order valence-electron chi connectivity index (χ3n) is 2.93. The van der Waals surface area contributed by atoms with Crippen LogP contribution in [0, 0.1) is 0 Å². The fourth-order valence-electron chi connectivity index (χ4n) is 2.38. The number of rotatable bonds is 3. The molecule has 0 aromatic carbocycles. The standard InChI is InChI=1S/C13H21N3O/c1-13(2)10-16(9-12(7-14)17-13)8-11-5-3-4-6-15-11/h3-6,12H,7-10,14H2,1-2H3. The van der Waals surface area contributed by atoms with Gasteiger partial charge in [0.15, 0.2) is 0 Å². The lowest BCUT2D eigenvalue weighted by atomic mass is 10.0. The van der Waals surface area contributed by atoms with Gasteiger partial charge < -0.3 is 10.5 Å². The molecule has 0 bridgehead atoms. The molecule has 17 heavy (non-hydrogen) atoms. The Bertz CT molecular complexity index is 353. The zero-order valence-electron chi connectivity index (χ0n) is 10.6. The van der Waals surface area contributed by atoms with Crippen LogP contribution in [0.5, 0.6) is 0 Å².